The molecule has 0 radical (unpaired) electrons. The normalized spacial score (nSPS) is 16.6. The molecule has 0 bridgehead atoms. The fourth-order valence-corrected chi connectivity index (χ4v) is 5.84. The van der Waals surface area contributed by atoms with Gasteiger partial charge in [-0.1, -0.05) is 42.4 Å². The van der Waals surface area contributed by atoms with Crippen molar-refractivity contribution >= 4 is 50.6 Å². The Hall–Kier alpha value is -1.70. The minimum atomic E-state index is -0.396. The lowest BCUT2D eigenvalue weighted by Crippen LogP contribution is -2.08. The number of fused-ring (bicyclic) bond motifs is 3. The molecule has 1 atom stereocenters. The van der Waals surface area contributed by atoms with Gasteiger partial charge in [-0.05, 0) is 36.3 Å². The summed E-state index contributed by atoms with van der Waals surface area (Å²) in [6.45, 7) is 2.28. The quantitative estimate of drug-likeness (QED) is 0.184. The van der Waals surface area contributed by atoms with Crippen LogP contribution in [0.25, 0.3) is 10.2 Å². The maximum absolute atomic E-state index is 10.7. The molecule has 1 unspecified atom stereocenters. The summed E-state index contributed by atoms with van der Waals surface area (Å²) in [5, 5.41) is 12.9. The Morgan fingerprint density at radius 2 is 2.12 bits per heavy atom. The number of thioether (sulfide) groups is 1. The van der Waals surface area contributed by atoms with E-state index in [-0.39, 0.29) is 5.69 Å². The van der Waals surface area contributed by atoms with Crippen molar-refractivity contribution in [2.45, 2.75) is 37.1 Å². The summed E-state index contributed by atoms with van der Waals surface area (Å²) in [4.78, 5) is 21.9. The smallest absolute Gasteiger partial charge is 0.258 e. The zero-order valence-corrected chi connectivity index (χ0v) is 16.5. The van der Waals surface area contributed by atoms with Gasteiger partial charge >= 0.3 is 0 Å². The van der Waals surface area contributed by atoms with E-state index in [9.17, 15) is 10.1 Å². The highest BCUT2D eigenvalue weighted by molar-refractivity contribution is 7.98. The van der Waals surface area contributed by atoms with Crippen LogP contribution in [0.1, 0.15) is 29.3 Å². The molecule has 8 heteroatoms. The Morgan fingerprint density at radius 1 is 1.35 bits per heavy atom. The Labute approximate surface area is 164 Å². The number of hydrogen-bond donors (Lipinski definition) is 0. The molecule has 0 aliphatic heterocycles. The molecule has 0 N–H and O–H groups in total. The number of nitro benzene ring substituents is 1. The van der Waals surface area contributed by atoms with Crippen molar-refractivity contribution in [1.29, 1.82) is 0 Å². The first-order valence-corrected chi connectivity index (χ1v) is 10.5. The van der Waals surface area contributed by atoms with Crippen LogP contribution in [-0.4, -0.2) is 14.9 Å². The number of nitro groups is 1. The molecule has 1 aliphatic carbocycles. The second-order valence-corrected chi connectivity index (χ2v) is 8.93. The molecule has 0 spiro atoms. The van der Waals surface area contributed by atoms with Crippen LogP contribution in [0.5, 0.6) is 0 Å². The summed E-state index contributed by atoms with van der Waals surface area (Å²) in [6.07, 6.45) is 3.33. The van der Waals surface area contributed by atoms with E-state index in [1.807, 2.05) is 0 Å². The molecular weight excluding hydrogens is 390 g/mol. The molecule has 2 heterocycles. The van der Waals surface area contributed by atoms with Crippen LogP contribution in [0, 0.1) is 16.0 Å². The van der Waals surface area contributed by atoms with Crippen LogP contribution in [0.2, 0.25) is 5.15 Å². The van der Waals surface area contributed by atoms with Crippen LogP contribution in [0.15, 0.2) is 29.4 Å². The predicted octanol–water partition coefficient (Wildman–Crippen LogP) is 5.67. The first-order chi connectivity index (χ1) is 12.5. The van der Waals surface area contributed by atoms with E-state index in [0.717, 1.165) is 28.6 Å². The van der Waals surface area contributed by atoms with Crippen LogP contribution in [-0.2, 0) is 18.6 Å². The van der Waals surface area contributed by atoms with E-state index in [4.69, 9.17) is 16.6 Å². The van der Waals surface area contributed by atoms with E-state index in [0.29, 0.717) is 22.0 Å². The molecule has 1 aromatic carbocycles. The summed E-state index contributed by atoms with van der Waals surface area (Å²) >= 11 is 9.71. The molecule has 5 nitrogen and oxygen atoms in total. The average Bonchev–Trinajstić information content (AvgIpc) is 2.98. The number of halogens is 1. The lowest BCUT2D eigenvalue weighted by molar-refractivity contribution is -0.384. The average molecular weight is 406 g/mol. The van der Waals surface area contributed by atoms with Crippen molar-refractivity contribution in [1.82, 2.24) is 9.97 Å². The number of aromatic nitrogens is 2. The summed E-state index contributed by atoms with van der Waals surface area (Å²) < 4.78 is 0. The van der Waals surface area contributed by atoms with E-state index >= 15 is 0 Å². The molecule has 0 saturated heterocycles. The number of aryl methyl sites for hydroxylation is 1. The third-order valence-corrected chi connectivity index (χ3v) is 6.95. The van der Waals surface area contributed by atoms with Crippen LogP contribution < -0.4 is 0 Å². The fraction of sp³-hybridized carbons (Fsp3) is 0.333. The lowest BCUT2D eigenvalue weighted by atomic mass is 9.89. The highest BCUT2D eigenvalue weighted by atomic mass is 35.5. The molecule has 2 aromatic heterocycles. The standard InChI is InChI=1S/C18H16ClN3O2S2/c1-10-2-7-13-14(8-10)26-17-15(13)16(19)20-18(21-17)25-9-11-3-5-12(6-4-11)22(23)24/h3-6,10H,2,7-9H2,1H3. The van der Waals surface area contributed by atoms with Crippen molar-refractivity contribution in [2.75, 3.05) is 0 Å². The van der Waals surface area contributed by atoms with Crippen LogP contribution in [0.4, 0.5) is 5.69 Å². The van der Waals surface area contributed by atoms with Gasteiger partial charge in [0.05, 0.1) is 10.3 Å². The van der Waals surface area contributed by atoms with Gasteiger partial charge in [0, 0.05) is 22.8 Å². The van der Waals surface area contributed by atoms with Crippen LogP contribution in [0.3, 0.4) is 0 Å². The van der Waals surface area contributed by atoms with Gasteiger partial charge in [0.15, 0.2) is 5.16 Å². The first-order valence-electron chi connectivity index (χ1n) is 8.35. The molecule has 3 aromatic rings. The fourth-order valence-electron chi connectivity index (χ4n) is 3.21. The third kappa shape index (κ3) is 3.43. The van der Waals surface area contributed by atoms with E-state index in [2.05, 4.69) is 11.9 Å². The van der Waals surface area contributed by atoms with Gasteiger partial charge in [-0.3, -0.25) is 10.1 Å². The second-order valence-electron chi connectivity index (χ2n) is 6.54. The molecule has 1 aliphatic rings. The Bertz CT molecular complexity index is 988. The topological polar surface area (TPSA) is 68.9 Å². The molecule has 26 heavy (non-hydrogen) atoms. The molecule has 0 amide bonds. The summed E-state index contributed by atoms with van der Waals surface area (Å²) in [5.41, 5.74) is 2.41. The van der Waals surface area contributed by atoms with Gasteiger partial charge in [0.2, 0.25) is 0 Å². The number of benzene rings is 1. The van der Waals surface area contributed by atoms with Crippen LogP contribution >= 0.6 is 34.7 Å². The van der Waals surface area contributed by atoms with Gasteiger partial charge < -0.3 is 0 Å². The highest BCUT2D eigenvalue weighted by Crippen LogP contribution is 2.40. The maximum atomic E-state index is 10.7. The number of rotatable bonds is 4. The first kappa shape index (κ1) is 17.7. The molecule has 4 rings (SSSR count). The SMILES string of the molecule is CC1CCc2c(sc3nc(SCc4ccc([N+](=O)[O-])cc4)nc(Cl)c23)C1. The molecule has 0 fully saturated rings. The van der Waals surface area contributed by atoms with Crippen molar-refractivity contribution in [3.05, 3.63) is 55.5 Å². The number of non-ortho nitro benzene ring substituents is 1. The van der Waals surface area contributed by atoms with E-state index < -0.39 is 4.92 Å². The zero-order valence-electron chi connectivity index (χ0n) is 14.1. The van der Waals surface area contributed by atoms with E-state index in [1.165, 1.54) is 40.8 Å². The Morgan fingerprint density at radius 3 is 2.85 bits per heavy atom. The maximum Gasteiger partial charge on any atom is 0.269 e. The summed E-state index contributed by atoms with van der Waals surface area (Å²) in [6, 6.07) is 6.55. The summed E-state index contributed by atoms with van der Waals surface area (Å²) in [5.74, 6) is 1.35. The number of nitrogens with zero attached hydrogens (tertiary/aromatic N) is 3. The van der Waals surface area contributed by atoms with Gasteiger partial charge in [-0.15, -0.1) is 11.3 Å². The monoisotopic (exact) mass is 405 g/mol. The van der Waals surface area contributed by atoms with Gasteiger partial charge in [-0.2, -0.15) is 0 Å². The number of thiophene rings is 1. The molecular formula is C18H16ClN3O2S2. The third-order valence-electron chi connectivity index (χ3n) is 4.61. The van der Waals surface area contributed by atoms with Gasteiger partial charge in [-0.25, -0.2) is 9.97 Å². The van der Waals surface area contributed by atoms with Gasteiger partial charge in [0.1, 0.15) is 9.98 Å². The Balaban J connectivity index is 1.56. The minimum absolute atomic E-state index is 0.0952. The Kier molecular flexibility index (Phi) is 4.86. The predicted molar refractivity (Wildman–Crippen MR) is 106 cm³/mol. The largest absolute Gasteiger partial charge is 0.269 e. The van der Waals surface area contributed by atoms with Crippen molar-refractivity contribution in [3.8, 4) is 0 Å². The molecule has 0 saturated carbocycles. The lowest BCUT2D eigenvalue weighted by Gasteiger charge is -2.17. The van der Waals surface area contributed by atoms with Crippen molar-refractivity contribution in [3.63, 3.8) is 0 Å². The second kappa shape index (κ2) is 7.13. The van der Waals surface area contributed by atoms with Crippen molar-refractivity contribution in [2.24, 2.45) is 5.92 Å². The van der Waals surface area contributed by atoms with E-state index in [1.54, 1.807) is 23.5 Å². The molecule has 134 valence electrons. The summed E-state index contributed by atoms with van der Waals surface area (Å²) in [7, 11) is 0. The highest BCUT2D eigenvalue weighted by Gasteiger charge is 2.23. The van der Waals surface area contributed by atoms with Crippen molar-refractivity contribution < 1.29 is 4.92 Å². The van der Waals surface area contributed by atoms with Gasteiger partial charge in [0.25, 0.3) is 5.69 Å². The minimum Gasteiger partial charge on any atom is -0.258 e. The number of hydrogen-bond acceptors (Lipinski definition) is 6. The zero-order chi connectivity index (χ0) is 18.3.